The largest absolute Gasteiger partial charge is 0.334 e. The summed E-state index contributed by atoms with van der Waals surface area (Å²) in [5, 5.41) is 2.83. The number of carbonyl (C=O) groups is 3. The third-order valence-electron chi connectivity index (χ3n) is 6.71. The topological polar surface area (TPSA) is 69.7 Å². The van der Waals surface area contributed by atoms with Crippen molar-refractivity contribution in [2.75, 3.05) is 6.54 Å². The van der Waals surface area contributed by atoms with Gasteiger partial charge in [-0.1, -0.05) is 64.5 Å². The molecule has 3 aliphatic rings. The number of urea groups is 1. The Labute approximate surface area is 195 Å². The zero-order chi connectivity index (χ0) is 22.5. The number of benzene rings is 2. The van der Waals surface area contributed by atoms with E-state index >= 15 is 0 Å². The smallest absolute Gasteiger partial charge is 0.326 e. The number of fused-ring (bicyclic) bond motifs is 2. The predicted molar refractivity (Wildman–Crippen MR) is 124 cm³/mol. The number of amides is 4. The zero-order valence-corrected chi connectivity index (χ0v) is 19.3. The van der Waals surface area contributed by atoms with Crippen LogP contribution in [0.5, 0.6) is 0 Å². The first-order chi connectivity index (χ1) is 15.4. The lowest BCUT2D eigenvalue weighted by Gasteiger charge is -2.31. The summed E-state index contributed by atoms with van der Waals surface area (Å²) in [6, 6.07) is 14.9. The Balaban J connectivity index is 1.39. The molecule has 7 heteroatoms. The van der Waals surface area contributed by atoms with Gasteiger partial charge in [0.15, 0.2) is 5.54 Å². The lowest BCUT2D eigenvalue weighted by Crippen LogP contribution is -2.47. The first-order valence-corrected chi connectivity index (χ1v) is 11.7. The van der Waals surface area contributed by atoms with Crippen molar-refractivity contribution in [3.63, 3.8) is 0 Å². The van der Waals surface area contributed by atoms with Crippen LogP contribution in [-0.4, -0.2) is 40.2 Å². The van der Waals surface area contributed by atoms with Crippen molar-refractivity contribution in [3.05, 3.63) is 75.8 Å². The summed E-state index contributed by atoms with van der Waals surface area (Å²) in [6.07, 6.45) is 5.74. The van der Waals surface area contributed by atoms with Gasteiger partial charge in [-0.15, -0.1) is 0 Å². The van der Waals surface area contributed by atoms with Crippen LogP contribution in [0.2, 0.25) is 0 Å². The van der Waals surface area contributed by atoms with Gasteiger partial charge >= 0.3 is 6.03 Å². The molecule has 0 bridgehead atoms. The van der Waals surface area contributed by atoms with E-state index in [4.69, 9.17) is 0 Å². The molecule has 6 nitrogen and oxygen atoms in total. The van der Waals surface area contributed by atoms with Crippen LogP contribution in [0.25, 0.3) is 6.08 Å². The average Bonchev–Trinajstić information content (AvgIpc) is 3.53. The third-order valence-corrected chi connectivity index (χ3v) is 7.41. The lowest BCUT2D eigenvalue weighted by molar-refractivity contribution is -0.140. The minimum absolute atomic E-state index is 0.0560. The molecule has 0 radical (unpaired) electrons. The average molecular weight is 494 g/mol. The van der Waals surface area contributed by atoms with Gasteiger partial charge in [0.2, 0.25) is 5.91 Å². The van der Waals surface area contributed by atoms with E-state index in [0.717, 1.165) is 33.3 Å². The molecule has 1 N–H and O–H groups in total. The first kappa shape index (κ1) is 20.9. The molecule has 1 saturated heterocycles. The molecule has 2 atom stereocenters. The second-order valence-electron chi connectivity index (χ2n) is 8.75. The number of nitrogens with zero attached hydrogens (tertiary/aromatic N) is 2. The molecule has 2 aromatic rings. The van der Waals surface area contributed by atoms with Gasteiger partial charge < -0.3 is 10.2 Å². The molecule has 1 aliphatic heterocycles. The Kier molecular flexibility index (Phi) is 5.16. The maximum absolute atomic E-state index is 13.5. The highest BCUT2D eigenvalue weighted by Gasteiger charge is 2.54. The molecule has 0 aromatic heterocycles. The normalized spacial score (nSPS) is 22.2. The van der Waals surface area contributed by atoms with Crippen LogP contribution in [-0.2, 0) is 21.7 Å². The Morgan fingerprint density at radius 2 is 1.94 bits per heavy atom. The molecule has 5 rings (SSSR count). The van der Waals surface area contributed by atoms with Crippen molar-refractivity contribution in [1.82, 2.24) is 15.1 Å². The van der Waals surface area contributed by atoms with Crippen LogP contribution in [0.3, 0.4) is 0 Å². The lowest BCUT2D eigenvalue weighted by atomic mass is 9.92. The number of nitrogens with one attached hydrogen (secondary N) is 1. The molecule has 1 saturated carbocycles. The monoisotopic (exact) mass is 493 g/mol. The predicted octanol–water partition coefficient (Wildman–Crippen LogP) is 4.05. The number of hydrogen-bond donors (Lipinski definition) is 1. The van der Waals surface area contributed by atoms with Crippen LogP contribution in [0.15, 0.2) is 59.1 Å². The minimum Gasteiger partial charge on any atom is -0.334 e. The Morgan fingerprint density at radius 3 is 2.66 bits per heavy atom. The number of hydrogen-bond acceptors (Lipinski definition) is 3. The molecule has 32 heavy (non-hydrogen) atoms. The first-order valence-electron chi connectivity index (χ1n) is 10.9. The van der Waals surface area contributed by atoms with E-state index < -0.39 is 17.5 Å². The van der Waals surface area contributed by atoms with Crippen molar-refractivity contribution in [1.29, 1.82) is 0 Å². The highest BCUT2D eigenvalue weighted by Crippen LogP contribution is 2.41. The number of carbonyl (C=O) groups excluding carboxylic acids is 3. The summed E-state index contributed by atoms with van der Waals surface area (Å²) in [5.74, 6) is -0.160. The molecule has 2 aliphatic carbocycles. The van der Waals surface area contributed by atoms with E-state index in [0.29, 0.717) is 18.0 Å². The van der Waals surface area contributed by atoms with Gasteiger partial charge in [0.25, 0.3) is 5.91 Å². The number of rotatable bonds is 6. The molecule has 2 fully saturated rings. The molecule has 1 heterocycles. The maximum atomic E-state index is 13.5. The Bertz CT molecular complexity index is 1130. The second-order valence-corrected chi connectivity index (χ2v) is 9.60. The summed E-state index contributed by atoms with van der Waals surface area (Å²) in [5.41, 5.74) is 1.36. The molecule has 1 spiro atoms. The second kappa shape index (κ2) is 7.89. The highest BCUT2D eigenvalue weighted by molar-refractivity contribution is 9.10. The van der Waals surface area contributed by atoms with Crippen LogP contribution in [0.1, 0.15) is 36.5 Å². The van der Waals surface area contributed by atoms with E-state index in [9.17, 15) is 14.4 Å². The highest BCUT2D eigenvalue weighted by atomic mass is 79.9. The third kappa shape index (κ3) is 3.45. The standard InChI is InChI=1S/C25H24BrN3O3/c1-16(18-10-11-18)28(14-17-6-3-2-4-7-17)22(30)15-29-23(31)25(27-24(29)32)13-12-19-20(25)8-5-9-21(19)26/h2-9,12-13,16,18H,10-11,14-15H2,1H3,(H,27,32). The van der Waals surface area contributed by atoms with Crippen LogP contribution in [0.4, 0.5) is 4.79 Å². The van der Waals surface area contributed by atoms with Crippen molar-refractivity contribution in [2.45, 2.75) is 37.9 Å². The van der Waals surface area contributed by atoms with Gasteiger partial charge in [-0.25, -0.2) is 4.79 Å². The SMILES string of the molecule is CC(C1CC1)N(Cc1ccccc1)C(=O)CN1C(=O)NC2(C=Cc3c(Br)cccc32)C1=O. The van der Waals surface area contributed by atoms with Gasteiger partial charge in [-0.3, -0.25) is 14.5 Å². The minimum atomic E-state index is -1.25. The quantitative estimate of drug-likeness (QED) is 0.617. The van der Waals surface area contributed by atoms with Crippen molar-refractivity contribution in [3.8, 4) is 0 Å². The van der Waals surface area contributed by atoms with E-state index in [1.807, 2.05) is 59.5 Å². The van der Waals surface area contributed by atoms with Gasteiger partial charge in [0.05, 0.1) is 0 Å². The zero-order valence-electron chi connectivity index (χ0n) is 17.8. The van der Waals surface area contributed by atoms with Gasteiger partial charge in [-0.2, -0.15) is 0 Å². The molecule has 2 aromatic carbocycles. The van der Waals surface area contributed by atoms with E-state index in [-0.39, 0.29) is 18.5 Å². The van der Waals surface area contributed by atoms with E-state index in [1.165, 1.54) is 0 Å². The fourth-order valence-corrected chi connectivity index (χ4v) is 5.18. The molecular weight excluding hydrogens is 470 g/mol. The molecule has 2 unspecified atom stereocenters. The van der Waals surface area contributed by atoms with Gasteiger partial charge in [0.1, 0.15) is 6.54 Å². The summed E-state index contributed by atoms with van der Waals surface area (Å²) in [7, 11) is 0. The van der Waals surface area contributed by atoms with Gasteiger partial charge in [-0.05, 0) is 54.5 Å². The Hall–Kier alpha value is -2.93. The van der Waals surface area contributed by atoms with E-state index in [1.54, 1.807) is 6.08 Å². The summed E-state index contributed by atoms with van der Waals surface area (Å²) < 4.78 is 0.854. The summed E-state index contributed by atoms with van der Waals surface area (Å²) in [6.45, 7) is 2.24. The Morgan fingerprint density at radius 1 is 1.19 bits per heavy atom. The summed E-state index contributed by atoms with van der Waals surface area (Å²) >= 11 is 3.50. The van der Waals surface area contributed by atoms with Crippen molar-refractivity contribution in [2.24, 2.45) is 5.92 Å². The summed E-state index contributed by atoms with van der Waals surface area (Å²) in [4.78, 5) is 42.6. The van der Waals surface area contributed by atoms with Crippen molar-refractivity contribution >= 4 is 39.9 Å². The van der Waals surface area contributed by atoms with Crippen LogP contribution >= 0.6 is 15.9 Å². The number of halogens is 1. The number of imide groups is 1. The van der Waals surface area contributed by atoms with Crippen LogP contribution < -0.4 is 5.32 Å². The van der Waals surface area contributed by atoms with E-state index in [2.05, 4.69) is 28.2 Å². The maximum Gasteiger partial charge on any atom is 0.326 e. The van der Waals surface area contributed by atoms with Crippen molar-refractivity contribution < 1.29 is 14.4 Å². The van der Waals surface area contributed by atoms with Crippen LogP contribution in [0, 0.1) is 5.92 Å². The fourth-order valence-electron chi connectivity index (χ4n) is 4.68. The molecule has 164 valence electrons. The molecular formula is C25H24BrN3O3. The molecule has 4 amide bonds. The van der Waals surface area contributed by atoms with Gasteiger partial charge in [0, 0.05) is 17.1 Å². The fraction of sp³-hybridized carbons (Fsp3) is 0.320.